The van der Waals surface area contributed by atoms with Gasteiger partial charge in [0, 0.05) is 25.3 Å². The van der Waals surface area contributed by atoms with Gasteiger partial charge in [0.25, 0.3) is 0 Å². The van der Waals surface area contributed by atoms with E-state index >= 15 is 0 Å². The van der Waals surface area contributed by atoms with Crippen LogP contribution in [0.25, 0.3) is 0 Å². The van der Waals surface area contributed by atoms with Crippen LogP contribution in [0.4, 0.5) is 10.1 Å². The van der Waals surface area contributed by atoms with E-state index in [1.165, 1.54) is 17.7 Å². The monoisotopic (exact) mass is 286 g/mol. The van der Waals surface area contributed by atoms with Crippen molar-refractivity contribution in [3.63, 3.8) is 0 Å². The second-order valence-electron chi connectivity index (χ2n) is 5.35. The molecule has 0 bridgehead atoms. The van der Waals surface area contributed by atoms with Crippen LogP contribution in [0.5, 0.6) is 0 Å². The normalized spacial score (nSPS) is 12.2. The third-order valence-electron chi connectivity index (χ3n) is 3.68. The van der Waals surface area contributed by atoms with Crippen molar-refractivity contribution in [1.82, 2.24) is 5.32 Å². The van der Waals surface area contributed by atoms with Crippen molar-refractivity contribution >= 4 is 5.69 Å². The quantitative estimate of drug-likeness (QED) is 0.859. The van der Waals surface area contributed by atoms with Crippen LogP contribution in [0.2, 0.25) is 0 Å². The first kappa shape index (κ1) is 15.5. The van der Waals surface area contributed by atoms with Crippen molar-refractivity contribution < 1.29 is 4.39 Å². The average Bonchev–Trinajstić information content (AvgIpc) is 2.50. The van der Waals surface area contributed by atoms with E-state index < -0.39 is 0 Å². The molecule has 2 nitrogen and oxygen atoms in total. The number of rotatable bonds is 6. The minimum atomic E-state index is -0.192. The predicted octanol–water partition coefficient (Wildman–Crippen LogP) is 4.13. The van der Waals surface area contributed by atoms with E-state index in [-0.39, 0.29) is 5.82 Å². The molecule has 0 spiro atoms. The molecule has 0 fully saturated rings. The van der Waals surface area contributed by atoms with E-state index in [9.17, 15) is 4.39 Å². The molecule has 0 aliphatic rings. The Labute approximate surface area is 126 Å². The Bertz CT molecular complexity index is 548. The lowest BCUT2D eigenvalue weighted by atomic mass is 10.1. The number of hydrogen-bond acceptors (Lipinski definition) is 2. The van der Waals surface area contributed by atoms with Crippen molar-refractivity contribution in [1.29, 1.82) is 0 Å². The van der Waals surface area contributed by atoms with Crippen molar-refractivity contribution in [3.05, 3.63) is 65.5 Å². The Kier molecular flexibility index (Phi) is 5.34. The van der Waals surface area contributed by atoms with Crippen LogP contribution in [0.15, 0.2) is 48.5 Å². The first-order valence-electron chi connectivity index (χ1n) is 7.39. The topological polar surface area (TPSA) is 15.3 Å². The van der Waals surface area contributed by atoms with E-state index in [0.29, 0.717) is 6.04 Å². The molecule has 1 atom stereocenters. The maximum absolute atomic E-state index is 12.9. The summed E-state index contributed by atoms with van der Waals surface area (Å²) in [6.45, 7) is 6.01. The molecule has 21 heavy (non-hydrogen) atoms. The molecule has 2 aromatic rings. The Morgan fingerprint density at radius 1 is 1.05 bits per heavy atom. The standard InChI is InChI=1S/C18H23FN2/c1-4-20-14(2)16-7-11-18(12-8-16)21(3)13-15-5-9-17(19)10-6-15/h5-12,14,20H,4,13H2,1-3H3. The zero-order valence-corrected chi connectivity index (χ0v) is 12.9. The number of halogens is 1. The van der Waals surface area contributed by atoms with Gasteiger partial charge in [-0.1, -0.05) is 31.2 Å². The summed E-state index contributed by atoms with van der Waals surface area (Å²) in [4.78, 5) is 2.16. The lowest BCUT2D eigenvalue weighted by Gasteiger charge is -2.21. The van der Waals surface area contributed by atoms with Crippen molar-refractivity contribution in [2.75, 3.05) is 18.5 Å². The van der Waals surface area contributed by atoms with Gasteiger partial charge in [-0.25, -0.2) is 4.39 Å². The Balaban J connectivity index is 2.02. The Morgan fingerprint density at radius 2 is 1.67 bits per heavy atom. The molecule has 0 heterocycles. The molecule has 0 radical (unpaired) electrons. The fourth-order valence-corrected chi connectivity index (χ4v) is 2.40. The maximum Gasteiger partial charge on any atom is 0.123 e. The Hall–Kier alpha value is -1.87. The largest absolute Gasteiger partial charge is 0.370 e. The van der Waals surface area contributed by atoms with Gasteiger partial charge in [0.2, 0.25) is 0 Å². The van der Waals surface area contributed by atoms with Gasteiger partial charge >= 0.3 is 0 Å². The number of benzene rings is 2. The molecule has 1 N–H and O–H groups in total. The van der Waals surface area contributed by atoms with Gasteiger partial charge in [0.15, 0.2) is 0 Å². The average molecular weight is 286 g/mol. The molecule has 0 aliphatic carbocycles. The highest BCUT2D eigenvalue weighted by molar-refractivity contribution is 5.47. The summed E-state index contributed by atoms with van der Waals surface area (Å²) < 4.78 is 12.9. The zero-order valence-electron chi connectivity index (χ0n) is 12.9. The van der Waals surface area contributed by atoms with Crippen LogP contribution < -0.4 is 10.2 Å². The number of anilines is 1. The SMILES string of the molecule is CCNC(C)c1ccc(N(C)Cc2ccc(F)cc2)cc1. The number of nitrogens with one attached hydrogen (secondary N) is 1. The summed E-state index contributed by atoms with van der Waals surface area (Å²) in [5.74, 6) is -0.192. The molecular formula is C18H23FN2. The molecular weight excluding hydrogens is 263 g/mol. The van der Waals surface area contributed by atoms with Gasteiger partial charge < -0.3 is 10.2 Å². The fraction of sp³-hybridized carbons (Fsp3) is 0.333. The van der Waals surface area contributed by atoms with Gasteiger partial charge in [0.1, 0.15) is 5.82 Å². The van der Waals surface area contributed by atoms with E-state index in [1.807, 2.05) is 19.2 Å². The lowest BCUT2D eigenvalue weighted by molar-refractivity contribution is 0.598. The molecule has 0 saturated heterocycles. The number of nitrogens with zero attached hydrogens (tertiary/aromatic N) is 1. The van der Waals surface area contributed by atoms with Gasteiger partial charge in [-0.3, -0.25) is 0 Å². The molecule has 0 aliphatic heterocycles. The van der Waals surface area contributed by atoms with Crippen LogP contribution >= 0.6 is 0 Å². The van der Waals surface area contributed by atoms with Crippen LogP contribution in [0.1, 0.15) is 31.0 Å². The lowest BCUT2D eigenvalue weighted by Crippen LogP contribution is -2.18. The van der Waals surface area contributed by atoms with Crippen molar-refractivity contribution in [2.24, 2.45) is 0 Å². The van der Waals surface area contributed by atoms with Gasteiger partial charge in [-0.2, -0.15) is 0 Å². The first-order chi connectivity index (χ1) is 10.1. The summed E-state index contributed by atoms with van der Waals surface area (Å²) >= 11 is 0. The third-order valence-corrected chi connectivity index (χ3v) is 3.68. The molecule has 0 saturated carbocycles. The third kappa shape index (κ3) is 4.30. The maximum atomic E-state index is 12.9. The number of hydrogen-bond donors (Lipinski definition) is 1. The molecule has 0 aromatic heterocycles. The molecule has 112 valence electrons. The van der Waals surface area contributed by atoms with Crippen molar-refractivity contribution in [3.8, 4) is 0 Å². The molecule has 0 amide bonds. The summed E-state index contributed by atoms with van der Waals surface area (Å²) in [6, 6.07) is 15.6. The molecule has 2 rings (SSSR count). The van der Waals surface area contributed by atoms with Gasteiger partial charge in [-0.15, -0.1) is 0 Å². The van der Waals surface area contributed by atoms with Crippen LogP contribution in [-0.2, 0) is 6.54 Å². The van der Waals surface area contributed by atoms with E-state index in [4.69, 9.17) is 0 Å². The first-order valence-corrected chi connectivity index (χ1v) is 7.39. The zero-order chi connectivity index (χ0) is 15.2. The fourth-order valence-electron chi connectivity index (χ4n) is 2.40. The second kappa shape index (κ2) is 7.23. The molecule has 1 unspecified atom stereocenters. The van der Waals surface area contributed by atoms with Crippen LogP contribution in [0, 0.1) is 5.82 Å². The highest BCUT2D eigenvalue weighted by Gasteiger charge is 2.06. The van der Waals surface area contributed by atoms with Crippen LogP contribution in [0.3, 0.4) is 0 Å². The van der Waals surface area contributed by atoms with Crippen molar-refractivity contribution in [2.45, 2.75) is 26.4 Å². The second-order valence-corrected chi connectivity index (χ2v) is 5.35. The summed E-state index contributed by atoms with van der Waals surface area (Å²) in [6.07, 6.45) is 0. The highest BCUT2D eigenvalue weighted by Crippen LogP contribution is 2.20. The minimum Gasteiger partial charge on any atom is -0.370 e. The molecule has 3 heteroatoms. The summed E-state index contributed by atoms with van der Waals surface area (Å²) in [7, 11) is 2.05. The van der Waals surface area contributed by atoms with E-state index in [2.05, 4.69) is 48.3 Å². The summed E-state index contributed by atoms with van der Waals surface area (Å²) in [5, 5.41) is 3.41. The van der Waals surface area contributed by atoms with Gasteiger partial charge in [0.05, 0.1) is 0 Å². The minimum absolute atomic E-state index is 0.192. The van der Waals surface area contributed by atoms with Crippen LogP contribution in [-0.4, -0.2) is 13.6 Å². The molecule has 2 aromatic carbocycles. The van der Waals surface area contributed by atoms with E-state index in [1.54, 1.807) is 0 Å². The smallest absolute Gasteiger partial charge is 0.123 e. The Morgan fingerprint density at radius 3 is 2.24 bits per heavy atom. The summed E-state index contributed by atoms with van der Waals surface area (Å²) in [5.41, 5.74) is 3.55. The highest BCUT2D eigenvalue weighted by atomic mass is 19.1. The predicted molar refractivity (Wildman–Crippen MR) is 87.0 cm³/mol. The van der Waals surface area contributed by atoms with E-state index in [0.717, 1.165) is 24.3 Å². The van der Waals surface area contributed by atoms with Gasteiger partial charge in [-0.05, 0) is 48.9 Å².